The molecule has 0 bridgehead atoms. The van der Waals surface area contributed by atoms with Gasteiger partial charge in [-0.2, -0.15) is 5.26 Å². The fraction of sp³-hybridized carbons (Fsp3) is 0.0476. The first-order valence-electron chi connectivity index (χ1n) is 8.51. The number of carbonyl (C=O) groups is 2. The van der Waals surface area contributed by atoms with E-state index in [0.717, 1.165) is 10.4 Å². The van der Waals surface area contributed by atoms with Crippen molar-refractivity contribution in [2.24, 2.45) is 0 Å². The monoisotopic (exact) mass is 457 g/mol. The Morgan fingerprint density at radius 3 is 2.60 bits per heavy atom. The average Bonchev–Trinajstić information content (AvgIpc) is 3.15. The predicted octanol–water partition coefficient (Wildman–Crippen LogP) is 5.28. The van der Waals surface area contributed by atoms with E-state index in [1.807, 2.05) is 6.07 Å². The molecule has 0 spiro atoms. The SMILES string of the molecule is N#C/C(=C\c1ccc(C(=O)O)cc1)C(=O)Nc1ncc(Cc2cc(Cl)ccc2Cl)s1. The molecule has 150 valence electrons. The van der Waals surface area contributed by atoms with Gasteiger partial charge in [-0.3, -0.25) is 10.1 Å². The van der Waals surface area contributed by atoms with Gasteiger partial charge in [-0.15, -0.1) is 11.3 Å². The number of nitrogens with one attached hydrogen (secondary N) is 1. The first-order valence-corrected chi connectivity index (χ1v) is 10.1. The second-order valence-corrected chi connectivity index (χ2v) is 8.05. The lowest BCUT2D eigenvalue weighted by Gasteiger charge is -2.03. The molecule has 2 N–H and O–H groups in total. The summed E-state index contributed by atoms with van der Waals surface area (Å²) in [6.45, 7) is 0. The minimum Gasteiger partial charge on any atom is -0.478 e. The van der Waals surface area contributed by atoms with Crippen LogP contribution in [0.25, 0.3) is 6.08 Å². The average molecular weight is 458 g/mol. The van der Waals surface area contributed by atoms with Gasteiger partial charge in [0.25, 0.3) is 5.91 Å². The summed E-state index contributed by atoms with van der Waals surface area (Å²) in [5.74, 6) is -1.66. The van der Waals surface area contributed by atoms with Crippen molar-refractivity contribution < 1.29 is 14.7 Å². The summed E-state index contributed by atoms with van der Waals surface area (Å²) in [7, 11) is 0. The lowest BCUT2D eigenvalue weighted by molar-refractivity contribution is -0.112. The molecule has 0 unspecified atom stereocenters. The highest BCUT2D eigenvalue weighted by molar-refractivity contribution is 7.15. The van der Waals surface area contributed by atoms with Crippen molar-refractivity contribution in [2.45, 2.75) is 6.42 Å². The van der Waals surface area contributed by atoms with Gasteiger partial charge >= 0.3 is 5.97 Å². The number of carboxylic acid groups (broad SMARTS) is 1. The van der Waals surface area contributed by atoms with Crippen LogP contribution in [-0.4, -0.2) is 22.0 Å². The van der Waals surface area contributed by atoms with E-state index in [1.165, 1.54) is 41.7 Å². The molecule has 30 heavy (non-hydrogen) atoms. The number of anilines is 1. The van der Waals surface area contributed by atoms with Gasteiger partial charge in [0.05, 0.1) is 5.56 Å². The van der Waals surface area contributed by atoms with Gasteiger partial charge in [-0.1, -0.05) is 35.3 Å². The van der Waals surface area contributed by atoms with Crippen LogP contribution in [0.3, 0.4) is 0 Å². The summed E-state index contributed by atoms with van der Waals surface area (Å²) >= 11 is 13.4. The Hall–Kier alpha value is -3.18. The molecule has 0 saturated heterocycles. The van der Waals surface area contributed by atoms with E-state index in [2.05, 4.69) is 10.3 Å². The number of hydrogen-bond acceptors (Lipinski definition) is 5. The molecule has 1 aromatic heterocycles. The normalized spacial score (nSPS) is 11.0. The first kappa shape index (κ1) is 21.5. The second kappa shape index (κ2) is 9.55. The van der Waals surface area contributed by atoms with Crippen molar-refractivity contribution in [3.63, 3.8) is 0 Å². The number of benzene rings is 2. The largest absolute Gasteiger partial charge is 0.478 e. The van der Waals surface area contributed by atoms with Crippen LogP contribution in [0.4, 0.5) is 5.13 Å². The molecule has 0 aliphatic heterocycles. The maximum atomic E-state index is 12.4. The van der Waals surface area contributed by atoms with E-state index in [4.69, 9.17) is 28.3 Å². The molecule has 1 heterocycles. The third-order valence-electron chi connectivity index (χ3n) is 3.98. The van der Waals surface area contributed by atoms with Crippen molar-refractivity contribution in [3.05, 3.63) is 85.8 Å². The van der Waals surface area contributed by atoms with E-state index in [1.54, 1.807) is 24.4 Å². The molecule has 0 radical (unpaired) electrons. The number of amides is 1. The summed E-state index contributed by atoms with van der Waals surface area (Å²) in [4.78, 5) is 28.4. The fourth-order valence-corrected chi connectivity index (χ4v) is 3.72. The van der Waals surface area contributed by atoms with Crippen LogP contribution in [-0.2, 0) is 11.2 Å². The maximum absolute atomic E-state index is 12.4. The topological polar surface area (TPSA) is 103 Å². The Labute approximate surface area is 186 Å². The quantitative estimate of drug-likeness (QED) is 0.386. The Kier molecular flexibility index (Phi) is 6.85. The minimum atomic E-state index is -1.05. The highest BCUT2D eigenvalue weighted by atomic mass is 35.5. The standard InChI is InChI=1S/C21H13Cl2N3O3S/c22-16-5-6-18(23)14(8-16)9-17-11-25-21(30-17)26-19(27)15(10-24)7-12-1-3-13(4-2-12)20(28)29/h1-8,11H,9H2,(H,28,29)(H,25,26,27)/b15-7+. The summed E-state index contributed by atoms with van der Waals surface area (Å²) in [5, 5.41) is 22.4. The number of rotatable bonds is 6. The highest BCUT2D eigenvalue weighted by Crippen LogP contribution is 2.27. The van der Waals surface area contributed by atoms with Crippen LogP contribution in [0.5, 0.6) is 0 Å². The molecule has 1 amide bonds. The zero-order valence-electron chi connectivity index (χ0n) is 15.2. The zero-order chi connectivity index (χ0) is 21.7. The van der Waals surface area contributed by atoms with Crippen molar-refractivity contribution in [3.8, 4) is 6.07 Å². The summed E-state index contributed by atoms with van der Waals surface area (Å²) < 4.78 is 0. The third kappa shape index (κ3) is 5.45. The Bertz CT molecular complexity index is 1180. The number of halogens is 2. The summed E-state index contributed by atoms with van der Waals surface area (Å²) in [6, 6.07) is 12.9. The lowest BCUT2D eigenvalue weighted by Crippen LogP contribution is -2.13. The number of nitrogens with zero attached hydrogens (tertiary/aromatic N) is 2. The van der Waals surface area contributed by atoms with Gasteiger partial charge < -0.3 is 5.11 Å². The van der Waals surface area contributed by atoms with E-state index in [-0.39, 0.29) is 11.1 Å². The van der Waals surface area contributed by atoms with E-state index >= 15 is 0 Å². The van der Waals surface area contributed by atoms with Crippen molar-refractivity contribution in [1.82, 2.24) is 4.98 Å². The predicted molar refractivity (Wildman–Crippen MR) is 117 cm³/mol. The van der Waals surface area contributed by atoms with E-state index < -0.39 is 11.9 Å². The van der Waals surface area contributed by atoms with Gasteiger partial charge in [-0.05, 0) is 47.5 Å². The number of thiazole rings is 1. The van der Waals surface area contributed by atoms with Crippen LogP contribution >= 0.6 is 34.5 Å². The maximum Gasteiger partial charge on any atom is 0.335 e. The number of hydrogen-bond donors (Lipinski definition) is 2. The molecule has 2 aromatic carbocycles. The van der Waals surface area contributed by atoms with Crippen molar-refractivity contribution in [2.75, 3.05) is 5.32 Å². The van der Waals surface area contributed by atoms with Crippen molar-refractivity contribution in [1.29, 1.82) is 5.26 Å². The van der Waals surface area contributed by atoms with E-state index in [9.17, 15) is 14.9 Å². The number of carboxylic acids is 1. The van der Waals surface area contributed by atoms with Gasteiger partial charge in [0.2, 0.25) is 0 Å². The number of carbonyl (C=O) groups excluding carboxylic acids is 1. The molecule has 6 nitrogen and oxygen atoms in total. The van der Waals surface area contributed by atoms with Gasteiger partial charge in [-0.25, -0.2) is 9.78 Å². The number of nitriles is 1. The van der Waals surface area contributed by atoms with Crippen LogP contribution in [0.15, 0.2) is 54.2 Å². The second-order valence-electron chi connectivity index (χ2n) is 6.10. The van der Waals surface area contributed by atoms with Gasteiger partial charge in [0.15, 0.2) is 5.13 Å². The molecule has 3 aromatic rings. The molecule has 0 aliphatic carbocycles. The smallest absolute Gasteiger partial charge is 0.335 e. The lowest BCUT2D eigenvalue weighted by atomic mass is 10.1. The number of aromatic carboxylic acids is 1. The molecule has 0 saturated carbocycles. The van der Waals surface area contributed by atoms with Crippen LogP contribution < -0.4 is 5.32 Å². The molecule has 3 rings (SSSR count). The third-order valence-corrected chi connectivity index (χ3v) is 5.50. The summed E-state index contributed by atoms with van der Waals surface area (Å²) in [6.07, 6.45) is 3.50. The van der Waals surface area contributed by atoms with E-state index in [0.29, 0.717) is 27.2 Å². The molecular formula is C21H13Cl2N3O3S. The van der Waals surface area contributed by atoms with Crippen LogP contribution in [0.2, 0.25) is 10.0 Å². The Balaban J connectivity index is 1.71. The highest BCUT2D eigenvalue weighted by Gasteiger charge is 2.13. The molecule has 9 heteroatoms. The van der Waals surface area contributed by atoms with Crippen LogP contribution in [0, 0.1) is 11.3 Å². The van der Waals surface area contributed by atoms with Gasteiger partial charge in [0.1, 0.15) is 11.6 Å². The van der Waals surface area contributed by atoms with Crippen LogP contribution in [0.1, 0.15) is 26.4 Å². The molecule has 0 atom stereocenters. The molecular weight excluding hydrogens is 445 g/mol. The molecule has 0 fully saturated rings. The Morgan fingerprint density at radius 2 is 1.93 bits per heavy atom. The van der Waals surface area contributed by atoms with Crippen molar-refractivity contribution >= 4 is 57.6 Å². The Morgan fingerprint density at radius 1 is 1.20 bits per heavy atom. The zero-order valence-corrected chi connectivity index (χ0v) is 17.6. The summed E-state index contributed by atoms with van der Waals surface area (Å²) in [5.41, 5.74) is 1.35. The fourth-order valence-electron chi connectivity index (χ4n) is 2.52. The first-order chi connectivity index (χ1) is 14.4. The van der Waals surface area contributed by atoms with Gasteiger partial charge in [0, 0.05) is 27.5 Å². The minimum absolute atomic E-state index is 0.116. The number of aromatic nitrogens is 1. The molecule has 0 aliphatic rings.